The van der Waals surface area contributed by atoms with Crippen LogP contribution in [0.3, 0.4) is 0 Å². The average Bonchev–Trinajstić information content (AvgIpc) is 2.91. The van der Waals surface area contributed by atoms with E-state index in [-0.39, 0.29) is 19.0 Å². The van der Waals surface area contributed by atoms with Crippen molar-refractivity contribution in [1.82, 2.24) is 25.9 Å². The molecule has 12 nitrogen and oxygen atoms in total. The number of nitrogens with zero attached hydrogens (tertiary/aromatic N) is 4. The van der Waals surface area contributed by atoms with E-state index < -0.39 is 23.9 Å². The molecule has 3 aliphatic rings. The maximum absolute atomic E-state index is 10.9. The summed E-state index contributed by atoms with van der Waals surface area (Å²) in [7, 11) is 2.03. The van der Waals surface area contributed by atoms with E-state index in [1.807, 2.05) is 7.05 Å². The van der Waals surface area contributed by atoms with Crippen LogP contribution in [0.2, 0.25) is 0 Å². The van der Waals surface area contributed by atoms with Crippen molar-refractivity contribution < 1.29 is 20.2 Å². The third-order valence-electron chi connectivity index (χ3n) is 7.98. The summed E-state index contributed by atoms with van der Waals surface area (Å²) in [4.78, 5) is 22.9. The molecule has 0 radical (unpaired) electrons. The predicted octanol–water partition coefficient (Wildman–Crippen LogP) is 0.901. The van der Waals surface area contributed by atoms with Crippen LogP contribution >= 0.6 is 0 Å². The molecule has 12 heteroatoms. The number of hydroxylamine groups is 2. The van der Waals surface area contributed by atoms with E-state index in [9.17, 15) is 15.1 Å². The number of likely N-dealkylation sites (N-methyl/N-ethyl adjacent to an activating group) is 1. The minimum Gasteiger partial charge on any atom is -0.481 e. The number of piperazine rings is 1. The highest BCUT2D eigenvalue weighted by molar-refractivity contribution is 6.04. The lowest BCUT2D eigenvalue weighted by Gasteiger charge is -2.58. The topological polar surface area (TPSA) is 171 Å². The Labute approximate surface area is 239 Å². The molecule has 2 aliphatic heterocycles. The molecule has 0 aromatic rings. The fraction of sp³-hybridized carbons (Fsp3) is 0.821. The predicted molar refractivity (Wildman–Crippen MR) is 158 cm³/mol. The minimum absolute atomic E-state index is 0.0838. The van der Waals surface area contributed by atoms with Gasteiger partial charge >= 0.3 is 5.97 Å². The number of amidine groups is 1. The number of carbonyl (C=O) groups is 1. The second-order valence-corrected chi connectivity index (χ2v) is 11.2. The van der Waals surface area contributed by atoms with Crippen LogP contribution in [0, 0.1) is 0 Å². The summed E-state index contributed by atoms with van der Waals surface area (Å²) in [5.74, 6) is 0.154. The van der Waals surface area contributed by atoms with Gasteiger partial charge < -0.3 is 36.7 Å². The van der Waals surface area contributed by atoms with Crippen molar-refractivity contribution in [3.63, 3.8) is 0 Å². The number of carboxylic acids is 1. The number of unbranched alkanes of at least 4 members (excludes halogenated alkanes) is 4. The van der Waals surface area contributed by atoms with Gasteiger partial charge in [0.25, 0.3) is 0 Å². The average molecular weight is 565 g/mol. The molecule has 228 valence electrons. The molecular formula is C28H52N8O4. The fourth-order valence-electron chi connectivity index (χ4n) is 5.99. The zero-order valence-corrected chi connectivity index (χ0v) is 24.2. The van der Waals surface area contributed by atoms with E-state index in [2.05, 4.69) is 33.0 Å². The molecule has 1 spiro atoms. The molecule has 0 aromatic carbocycles. The van der Waals surface area contributed by atoms with Crippen LogP contribution < -0.4 is 21.7 Å². The third kappa shape index (κ3) is 9.30. The summed E-state index contributed by atoms with van der Waals surface area (Å²) >= 11 is 0. The Balaban J connectivity index is 1.55. The zero-order chi connectivity index (χ0) is 28.8. The summed E-state index contributed by atoms with van der Waals surface area (Å²) in [6.07, 6.45) is 11.9. The molecular weight excluding hydrogens is 512 g/mol. The van der Waals surface area contributed by atoms with Crippen molar-refractivity contribution in [3.05, 3.63) is 12.2 Å². The summed E-state index contributed by atoms with van der Waals surface area (Å²) in [5.41, 5.74) is 5.76. The molecule has 0 saturated carbocycles. The quantitative estimate of drug-likeness (QED) is 0.112. The van der Waals surface area contributed by atoms with Gasteiger partial charge in [0.05, 0.1) is 23.8 Å². The Morgan fingerprint density at radius 1 is 1.12 bits per heavy atom. The number of aliphatic hydroxyl groups is 1. The Morgan fingerprint density at radius 3 is 2.55 bits per heavy atom. The van der Waals surface area contributed by atoms with Crippen LogP contribution in [0.25, 0.3) is 0 Å². The zero-order valence-electron chi connectivity index (χ0n) is 24.2. The fourth-order valence-corrected chi connectivity index (χ4v) is 5.99. The smallest absolute Gasteiger partial charge is 0.303 e. The second-order valence-electron chi connectivity index (χ2n) is 11.2. The monoisotopic (exact) mass is 564 g/mol. The number of hydrogen-bond acceptors (Lipinski definition) is 11. The van der Waals surface area contributed by atoms with Gasteiger partial charge in [0, 0.05) is 26.4 Å². The number of aliphatic hydroxyl groups excluding tert-OH is 1. The number of nitrogens with two attached hydrogens (primary N) is 1. The van der Waals surface area contributed by atoms with Crippen molar-refractivity contribution in [2.24, 2.45) is 15.7 Å². The Morgan fingerprint density at radius 2 is 1.82 bits per heavy atom. The number of hydrogen-bond donors (Lipinski definition) is 7. The molecule has 0 amide bonds. The van der Waals surface area contributed by atoms with Gasteiger partial charge in [-0.2, -0.15) is 5.06 Å². The number of aliphatic imine (C=N–C) groups is 2. The standard InChI is InChI=1S/C28H52N8O4/c1-35-23(12-4-2-3-5-13-25(38)39)33-27-28(34-24(37)21-36(27)40)14-8-11-22(26(28)35)32-20-10-19-31-17-7-6-16-30-18-9-15-29/h8,11,24,26-27,30-31,34,37,40H,2-7,9-10,12-21,29H2,1H3,(H,38,39). The second kappa shape index (κ2) is 17.1. The van der Waals surface area contributed by atoms with Gasteiger partial charge in [-0.25, -0.2) is 4.99 Å². The van der Waals surface area contributed by atoms with E-state index in [1.165, 1.54) is 5.06 Å². The van der Waals surface area contributed by atoms with Gasteiger partial charge in [0.2, 0.25) is 0 Å². The minimum atomic E-state index is -0.865. The molecule has 1 saturated heterocycles. The van der Waals surface area contributed by atoms with E-state index in [1.54, 1.807) is 0 Å². The van der Waals surface area contributed by atoms with Gasteiger partial charge in [0.1, 0.15) is 18.2 Å². The van der Waals surface area contributed by atoms with Crippen molar-refractivity contribution in [3.8, 4) is 0 Å². The molecule has 3 rings (SSSR count). The molecule has 0 bridgehead atoms. The molecule has 4 atom stereocenters. The lowest BCUT2D eigenvalue weighted by atomic mass is 9.73. The van der Waals surface area contributed by atoms with Crippen molar-refractivity contribution >= 4 is 17.5 Å². The van der Waals surface area contributed by atoms with Crippen molar-refractivity contribution in [2.75, 3.05) is 52.9 Å². The van der Waals surface area contributed by atoms with Crippen LogP contribution in [0.15, 0.2) is 22.1 Å². The van der Waals surface area contributed by atoms with Gasteiger partial charge in [-0.1, -0.05) is 18.9 Å². The van der Waals surface area contributed by atoms with Crippen LogP contribution in [0.1, 0.15) is 70.6 Å². The largest absolute Gasteiger partial charge is 0.481 e. The van der Waals surface area contributed by atoms with Gasteiger partial charge in [-0.15, -0.1) is 0 Å². The first-order chi connectivity index (χ1) is 19.4. The first kappa shape index (κ1) is 32.6. The molecule has 1 aliphatic carbocycles. The van der Waals surface area contributed by atoms with E-state index >= 15 is 0 Å². The molecule has 8 N–H and O–H groups in total. The maximum atomic E-state index is 10.9. The summed E-state index contributed by atoms with van der Waals surface area (Å²) < 4.78 is 0. The normalized spacial score (nSPS) is 27.5. The summed E-state index contributed by atoms with van der Waals surface area (Å²) in [6.45, 7) is 5.44. The summed E-state index contributed by atoms with van der Waals surface area (Å²) in [5, 5.41) is 41.7. The van der Waals surface area contributed by atoms with Crippen LogP contribution in [0.5, 0.6) is 0 Å². The Bertz CT molecular complexity index is 869. The number of β-amino-alcohol motifs (C(OH)–C–C–N with tert-alkyl or cyclic N) is 1. The molecule has 0 aromatic heterocycles. The third-order valence-corrected chi connectivity index (χ3v) is 7.98. The summed E-state index contributed by atoms with van der Waals surface area (Å²) in [6, 6.07) is -0.175. The van der Waals surface area contributed by atoms with Crippen molar-refractivity contribution in [2.45, 2.75) is 94.6 Å². The van der Waals surface area contributed by atoms with Gasteiger partial charge in [0.15, 0.2) is 0 Å². The number of rotatable bonds is 19. The van der Waals surface area contributed by atoms with Crippen molar-refractivity contribution in [1.29, 1.82) is 0 Å². The van der Waals surface area contributed by atoms with Crippen LogP contribution in [0.4, 0.5) is 0 Å². The first-order valence-electron chi connectivity index (χ1n) is 15.1. The number of carboxylic acid groups (broad SMARTS) is 1. The SMILES string of the molecule is CN1C(CCCCCCC(=O)O)=NC2N(O)CC(O)NC23CC=CC(=NCCCNCCCCNCCCN)C13. The molecule has 4 unspecified atom stereocenters. The number of aliphatic carboxylic acids is 1. The lowest BCUT2D eigenvalue weighted by molar-refractivity contribution is -0.207. The molecule has 40 heavy (non-hydrogen) atoms. The van der Waals surface area contributed by atoms with Crippen LogP contribution in [-0.2, 0) is 4.79 Å². The lowest BCUT2D eigenvalue weighted by Crippen LogP contribution is -2.79. The van der Waals surface area contributed by atoms with E-state index in [0.29, 0.717) is 19.4 Å². The van der Waals surface area contributed by atoms with Gasteiger partial charge in [-0.05, 0) is 83.7 Å². The Hall–Kier alpha value is -1.93. The first-order valence-corrected chi connectivity index (χ1v) is 15.1. The highest BCUT2D eigenvalue weighted by Crippen LogP contribution is 2.39. The molecule has 1 fully saturated rings. The highest BCUT2D eigenvalue weighted by atomic mass is 16.5. The maximum Gasteiger partial charge on any atom is 0.303 e. The van der Waals surface area contributed by atoms with E-state index in [0.717, 1.165) is 95.6 Å². The number of nitrogens with one attached hydrogen (secondary N) is 3. The van der Waals surface area contributed by atoms with Gasteiger partial charge in [-0.3, -0.25) is 15.1 Å². The van der Waals surface area contributed by atoms with Crippen LogP contribution in [-0.4, -0.2) is 120 Å². The highest BCUT2D eigenvalue weighted by Gasteiger charge is 2.58. The van der Waals surface area contributed by atoms with E-state index in [4.69, 9.17) is 20.8 Å². The Kier molecular flexibility index (Phi) is 13.9. The molecule has 2 heterocycles.